The fourth-order valence-corrected chi connectivity index (χ4v) is 6.12. The van der Waals surface area contributed by atoms with E-state index in [1.165, 1.54) is 4.57 Å². The molecule has 0 aromatic carbocycles. The number of rotatable bonds is 8. The predicted octanol–water partition coefficient (Wildman–Crippen LogP) is 5.26. The molecule has 1 fully saturated rings. The molecular weight excluding hydrogens is 565 g/mol. The quantitative estimate of drug-likeness (QED) is 0.142. The van der Waals surface area contributed by atoms with E-state index in [0.717, 1.165) is 3.57 Å². The first kappa shape index (κ1) is 27.5. The van der Waals surface area contributed by atoms with E-state index < -0.39 is 20.2 Å². The average molecular weight is 602 g/mol. The number of nitrogen functional groups attached to an aromatic ring is 1. The molecule has 0 bridgehead atoms. The normalized spacial score (nSPS) is 22.8. The van der Waals surface area contributed by atoms with Crippen molar-refractivity contribution in [1.82, 2.24) is 9.55 Å². The number of ether oxygens (including phenoxy) is 2. The van der Waals surface area contributed by atoms with E-state index in [9.17, 15) is 4.79 Å². The molecule has 0 aliphatic carbocycles. The van der Waals surface area contributed by atoms with Gasteiger partial charge in [0.05, 0.1) is 16.3 Å². The summed E-state index contributed by atoms with van der Waals surface area (Å²) in [5, 5.41) is 0.106. The largest absolute Gasteiger partial charge is 0.414 e. The van der Waals surface area contributed by atoms with Gasteiger partial charge < -0.3 is 19.6 Å². The lowest BCUT2D eigenvalue weighted by Crippen LogP contribution is -2.44. The van der Waals surface area contributed by atoms with Gasteiger partial charge in [-0.25, -0.2) is 4.79 Å². The van der Waals surface area contributed by atoms with E-state index in [0.29, 0.717) is 19.0 Å². The molecular formula is C20H36IN3O4S2Si. The molecule has 1 saturated heterocycles. The predicted molar refractivity (Wildman–Crippen MR) is 142 cm³/mol. The summed E-state index contributed by atoms with van der Waals surface area (Å²) in [6, 6.07) is 0. The SMILES string of the molecule is CC(C)(C)SSCO[C@H]1C[C@H](n2cc(I)c(N)nc2=O)O[C@@H]1CO[Si](C)(C)C(C)(C)C. The maximum atomic E-state index is 12.4. The van der Waals surface area contributed by atoms with Gasteiger partial charge >= 0.3 is 5.69 Å². The van der Waals surface area contributed by atoms with E-state index >= 15 is 0 Å². The molecule has 11 heteroatoms. The topological polar surface area (TPSA) is 88.6 Å². The third-order valence-electron chi connectivity index (χ3n) is 5.48. The van der Waals surface area contributed by atoms with Crippen LogP contribution in [0.4, 0.5) is 5.82 Å². The number of hydrogen-bond acceptors (Lipinski definition) is 8. The van der Waals surface area contributed by atoms with E-state index in [1.807, 2.05) is 0 Å². The van der Waals surface area contributed by atoms with Gasteiger partial charge in [-0.2, -0.15) is 4.98 Å². The zero-order valence-electron chi connectivity index (χ0n) is 19.7. The Morgan fingerprint density at radius 2 is 1.97 bits per heavy atom. The number of aromatic nitrogens is 2. The Morgan fingerprint density at radius 1 is 1.32 bits per heavy atom. The number of nitrogens with zero attached hydrogens (tertiary/aromatic N) is 2. The lowest BCUT2D eigenvalue weighted by atomic mass is 10.2. The van der Waals surface area contributed by atoms with Gasteiger partial charge in [-0.15, -0.1) is 0 Å². The van der Waals surface area contributed by atoms with Crippen molar-refractivity contribution in [2.75, 3.05) is 18.3 Å². The maximum absolute atomic E-state index is 12.4. The van der Waals surface area contributed by atoms with Gasteiger partial charge in [0.2, 0.25) is 0 Å². The fourth-order valence-electron chi connectivity index (χ4n) is 2.68. The van der Waals surface area contributed by atoms with Crippen LogP contribution < -0.4 is 11.4 Å². The summed E-state index contributed by atoms with van der Waals surface area (Å²) in [6.45, 7) is 18.1. The lowest BCUT2D eigenvalue weighted by molar-refractivity contribution is -0.0528. The second-order valence-electron chi connectivity index (χ2n) is 10.2. The van der Waals surface area contributed by atoms with Crippen molar-refractivity contribution < 1.29 is 13.9 Å². The summed E-state index contributed by atoms with van der Waals surface area (Å²) in [4.78, 5) is 16.3. The molecule has 31 heavy (non-hydrogen) atoms. The molecule has 2 heterocycles. The van der Waals surface area contributed by atoms with Crippen LogP contribution in [0, 0.1) is 3.57 Å². The summed E-state index contributed by atoms with van der Waals surface area (Å²) in [6.07, 6.45) is 1.40. The molecule has 1 aliphatic rings. The highest BCUT2D eigenvalue weighted by Crippen LogP contribution is 2.39. The zero-order chi connectivity index (χ0) is 23.6. The van der Waals surface area contributed by atoms with Crippen LogP contribution in [0.1, 0.15) is 54.2 Å². The van der Waals surface area contributed by atoms with E-state index in [1.54, 1.807) is 27.8 Å². The molecule has 0 spiro atoms. The Bertz CT molecular complexity index is 811. The van der Waals surface area contributed by atoms with Crippen LogP contribution in [0.3, 0.4) is 0 Å². The molecule has 1 aromatic rings. The zero-order valence-corrected chi connectivity index (χ0v) is 24.5. The Morgan fingerprint density at radius 3 is 2.55 bits per heavy atom. The Labute approximate surface area is 208 Å². The minimum atomic E-state index is -1.94. The van der Waals surface area contributed by atoms with Crippen molar-refractivity contribution in [2.45, 2.75) is 89.3 Å². The lowest BCUT2D eigenvalue weighted by Gasteiger charge is -2.37. The smallest absolute Gasteiger partial charge is 0.351 e. The summed E-state index contributed by atoms with van der Waals surface area (Å²) in [7, 11) is 1.54. The standard InChI is InChI=1S/C20H36IN3O4S2Si/c1-19(2,3)30-29-12-26-14-9-16(24-10-13(21)17(22)23-18(24)25)28-15(14)11-27-31(7,8)20(4,5)6/h10,14-16H,9,11-12H2,1-8H3,(H2,22,23,25)/t14-,15+,16+/m0/s1. The molecule has 0 saturated carbocycles. The molecule has 7 nitrogen and oxygen atoms in total. The monoisotopic (exact) mass is 601 g/mol. The van der Waals surface area contributed by atoms with Crippen LogP contribution in [-0.4, -0.2) is 47.4 Å². The third-order valence-corrected chi connectivity index (χ3v) is 13.8. The van der Waals surface area contributed by atoms with Gasteiger partial charge in [-0.1, -0.05) is 63.1 Å². The first-order valence-corrected chi connectivity index (χ1v) is 16.7. The highest BCUT2D eigenvalue weighted by atomic mass is 127. The second-order valence-corrected chi connectivity index (χ2v) is 19.3. The summed E-state index contributed by atoms with van der Waals surface area (Å²) >= 11 is 2.08. The van der Waals surface area contributed by atoms with Gasteiger partial charge in [0.1, 0.15) is 24.1 Å². The molecule has 1 aliphatic heterocycles. The van der Waals surface area contributed by atoms with Crippen molar-refractivity contribution in [3.05, 3.63) is 20.3 Å². The van der Waals surface area contributed by atoms with Crippen molar-refractivity contribution in [1.29, 1.82) is 0 Å². The van der Waals surface area contributed by atoms with Crippen molar-refractivity contribution in [3.8, 4) is 0 Å². The van der Waals surface area contributed by atoms with E-state index in [-0.39, 0.29) is 27.8 Å². The highest BCUT2D eigenvalue weighted by Gasteiger charge is 2.42. The van der Waals surface area contributed by atoms with E-state index in [4.69, 9.17) is 19.6 Å². The summed E-state index contributed by atoms with van der Waals surface area (Å²) in [5.74, 6) is 0.784. The highest BCUT2D eigenvalue weighted by molar-refractivity contribution is 14.1. The van der Waals surface area contributed by atoms with Crippen molar-refractivity contribution in [2.24, 2.45) is 0 Å². The Kier molecular flexibility index (Phi) is 9.42. The molecule has 0 unspecified atom stereocenters. The van der Waals surface area contributed by atoms with Crippen molar-refractivity contribution in [3.63, 3.8) is 0 Å². The van der Waals surface area contributed by atoms with Crippen molar-refractivity contribution >= 4 is 58.3 Å². The first-order chi connectivity index (χ1) is 14.1. The van der Waals surface area contributed by atoms with E-state index in [2.05, 4.69) is 82.2 Å². The van der Waals surface area contributed by atoms with Gasteiger partial charge in [0.15, 0.2) is 8.32 Å². The fraction of sp³-hybridized carbons (Fsp3) is 0.800. The van der Waals surface area contributed by atoms with Gasteiger partial charge in [0, 0.05) is 17.4 Å². The summed E-state index contributed by atoms with van der Waals surface area (Å²) in [5.41, 5.74) is 5.37. The number of halogens is 1. The third kappa shape index (κ3) is 7.89. The minimum absolute atomic E-state index is 0.106. The molecule has 1 aromatic heterocycles. The van der Waals surface area contributed by atoms with Crippen LogP contribution in [0.25, 0.3) is 0 Å². The Balaban J connectivity index is 2.13. The van der Waals surface area contributed by atoms with Gasteiger partial charge in [-0.3, -0.25) is 4.57 Å². The maximum Gasteiger partial charge on any atom is 0.351 e. The molecule has 178 valence electrons. The molecule has 0 amide bonds. The number of anilines is 1. The Hall–Kier alpha value is 0.207. The average Bonchev–Trinajstić information content (AvgIpc) is 3.01. The second kappa shape index (κ2) is 10.6. The summed E-state index contributed by atoms with van der Waals surface area (Å²) < 4.78 is 21.3. The molecule has 2 N–H and O–H groups in total. The number of hydrogen-bond donors (Lipinski definition) is 1. The van der Waals surface area contributed by atoms with Crippen LogP contribution in [0.15, 0.2) is 11.0 Å². The van der Waals surface area contributed by atoms with Gasteiger partial charge in [0.25, 0.3) is 0 Å². The van der Waals surface area contributed by atoms with Gasteiger partial charge in [-0.05, 0) is 40.7 Å². The van der Waals surface area contributed by atoms with Crippen LogP contribution in [0.5, 0.6) is 0 Å². The minimum Gasteiger partial charge on any atom is -0.414 e. The van der Waals surface area contributed by atoms with Crippen LogP contribution >= 0.6 is 44.2 Å². The first-order valence-electron chi connectivity index (χ1n) is 10.4. The molecule has 2 rings (SSSR count). The molecule has 0 radical (unpaired) electrons. The molecule has 3 atom stereocenters. The van der Waals surface area contributed by atoms with Crippen LogP contribution in [-0.2, 0) is 13.9 Å². The number of nitrogens with two attached hydrogens (primary N) is 1. The van der Waals surface area contributed by atoms with Crippen LogP contribution in [0.2, 0.25) is 18.1 Å².